The number of benzene rings is 3. The van der Waals surface area contributed by atoms with E-state index in [-0.39, 0.29) is 55.1 Å². The van der Waals surface area contributed by atoms with Crippen LogP contribution in [0.1, 0.15) is 84.7 Å². The van der Waals surface area contributed by atoms with Crippen LogP contribution in [0.3, 0.4) is 0 Å². The number of carbonyl (C=O) groups excluding carboxylic acids is 6. The van der Waals surface area contributed by atoms with E-state index in [1.165, 1.54) is 12.0 Å². The molecular weight excluding hydrogens is 912 g/mol. The number of ether oxygens (including phenoxy) is 2. The van der Waals surface area contributed by atoms with Crippen molar-refractivity contribution in [1.29, 1.82) is 0 Å². The van der Waals surface area contributed by atoms with Crippen LogP contribution in [0.5, 0.6) is 5.75 Å². The molecule has 352 valence electrons. The molecule has 5 N–H and O–H groups in total. The molecule has 5 rings (SSSR count). The van der Waals surface area contributed by atoms with Crippen LogP contribution in [0, 0.1) is 0 Å². The monoisotopic (exact) mass is 970 g/mol. The number of hydrogen-bond donors (Lipinski definition) is 5. The van der Waals surface area contributed by atoms with Gasteiger partial charge in [-0.15, -0.1) is 0 Å². The van der Waals surface area contributed by atoms with Gasteiger partial charge < -0.3 is 45.4 Å². The Hall–Kier alpha value is -6.44. The maximum atomic E-state index is 13.1. The summed E-state index contributed by atoms with van der Waals surface area (Å²) < 4.78 is 12.3. The van der Waals surface area contributed by atoms with Gasteiger partial charge >= 0.3 is 0 Å². The van der Waals surface area contributed by atoms with E-state index in [9.17, 15) is 28.8 Å². The van der Waals surface area contributed by atoms with Gasteiger partial charge in [0.05, 0.1) is 32.2 Å². The van der Waals surface area contributed by atoms with Crippen LogP contribution >= 0.6 is 15.9 Å². The summed E-state index contributed by atoms with van der Waals surface area (Å²) in [5.41, 5.74) is 4.42. The van der Waals surface area contributed by atoms with Crippen molar-refractivity contribution in [3.05, 3.63) is 93.6 Å². The number of methoxy groups -OCH3 is 1. The molecule has 0 fully saturated rings. The van der Waals surface area contributed by atoms with E-state index >= 15 is 0 Å². The molecule has 0 spiro atoms. The minimum absolute atomic E-state index is 0.0814. The maximum absolute atomic E-state index is 13.1. The van der Waals surface area contributed by atoms with Gasteiger partial charge in [-0.05, 0) is 87.7 Å². The van der Waals surface area contributed by atoms with Crippen molar-refractivity contribution in [3.63, 3.8) is 0 Å². The number of aromatic nitrogens is 2. The van der Waals surface area contributed by atoms with Gasteiger partial charge in [-0.2, -0.15) is 4.98 Å². The van der Waals surface area contributed by atoms with Crippen molar-refractivity contribution in [2.24, 2.45) is 0 Å². The molecule has 18 nitrogen and oxygen atoms in total. The third-order valence-corrected chi connectivity index (χ3v) is 11.7. The smallest absolute Gasteiger partial charge is 0.254 e. The normalized spacial score (nSPS) is 12.7. The molecule has 0 bridgehead atoms. The summed E-state index contributed by atoms with van der Waals surface area (Å²) in [5.74, 6) is 0.255. The van der Waals surface area contributed by atoms with Crippen molar-refractivity contribution < 1.29 is 38.2 Å². The first kappa shape index (κ1) is 50.6. The van der Waals surface area contributed by atoms with Crippen LogP contribution in [0.25, 0.3) is 0 Å². The zero-order valence-corrected chi connectivity index (χ0v) is 39.6. The number of carbonyl (C=O) groups is 6. The first-order valence-corrected chi connectivity index (χ1v) is 22.7. The predicted octanol–water partition coefficient (Wildman–Crippen LogP) is 5.54. The van der Waals surface area contributed by atoms with Crippen molar-refractivity contribution in [2.45, 2.75) is 78.0 Å². The molecule has 1 aliphatic rings. The number of nitrogens with zero attached hydrogens (tertiary/aromatic N) is 5. The second-order valence-electron chi connectivity index (χ2n) is 15.8. The highest BCUT2D eigenvalue weighted by Crippen LogP contribution is 2.34. The molecule has 2 atom stereocenters. The van der Waals surface area contributed by atoms with E-state index < -0.39 is 5.91 Å². The Morgan fingerprint density at radius 1 is 0.970 bits per heavy atom. The minimum Gasteiger partial charge on any atom is -0.495 e. The molecular formula is C47H59BrN10O8. The van der Waals surface area contributed by atoms with Crippen molar-refractivity contribution >= 4 is 81.2 Å². The third-order valence-electron chi connectivity index (χ3n) is 11.2. The summed E-state index contributed by atoms with van der Waals surface area (Å²) in [6.07, 6.45) is 4.89. The fourth-order valence-corrected chi connectivity index (χ4v) is 7.47. The number of halogens is 1. The lowest BCUT2D eigenvalue weighted by Crippen LogP contribution is -2.34. The molecule has 0 radical (unpaired) electrons. The van der Waals surface area contributed by atoms with Gasteiger partial charge in [0.2, 0.25) is 30.6 Å². The molecule has 1 aliphatic heterocycles. The number of fused-ring (bicyclic) bond motifs is 1. The van der Waals surface area contributed by atoms with Crippen LogP contribution in [0.4, 0.5) is 28.8 Å². The number of amides is 6. The lowest BCUT2D eigenvalue weighted by molar-refractivity contribution is -0.125. The van der Waals surface area contributed by atoms with Crippen LogP contribution in [0.15, 0.2) is 71.3 Å². The first-order valence-electron chi connectivity index (χ1n) is 21.9. The van der Waals surface area contributed by atoms with E-state index in [0.717, 1.165) is 28.4 Å². The fraction of sp³-hybridized carbons (Fsp3) is 0.404. The lowest BCUT2D eigenvalue weighted by atomic mass is 10.1. The standard InChI is InChI=1S/C47H59BrN10O8/c1-6-31(2)57(27-33-13-16-35(48)17-14-33)44-40(56(4)30-60)26-51-47(55-44)54-39-18-15-34(25-41(39)65-5)45(63)50-22-24-66-23-21-49-20-8-11-43(62)53-38-10-7-9-36-37(38)28-58(46(36)64)32(3)12-19-42(61)52-29-59/h7,9-10,13-18,25-26,29-32,49H,6,8,11-12,19-24,27-28H2,1-5H3,(H,50,63)(H,53,62)(H,51,54,55)(H,52,59,61). The Bertz CT molecular complexity index is 2320. The fourth-order valence-electron chi connectivity index (χ4n) is 7.20. The van der Waals surface area contributed by atoms with Crippen molar-refractivity contribution in [1.82, 2.24) is 30.8 Å². The molecule has 4 aromatic rings. The van der Waals surface area contributed by atoms with Gasteiger partial charge in [0, 0.05) is 85.0 Å². The lowest BCUT2D eigenvalue weighted by Gasteiger charge is -2.32. The summed E-state index contributed by atoms with van der Waals surface area (Å²) >= 11 is 3.50. The predicted molar refractivity (Wildman–Crippen MR) is 256 cm³/mol. The number of anilines is 5. The molecule has 6 amide bonds. The van der Waals surface area contributed by atoms with E-state index in [0.29, 0.717) is 98.4 Å². The topological polar surface area (TPSA) is 217 Å². The molecule has 3 aromatic carbocycles. The second kappa shape index (κ2) is 25.3. The highest BCUT2D eigenvalue weighted by Gasteiger charge is 2.33. The van der Waals surface area contributed by atoms with Gasteiger partial charge in [-0.25, -0.2) is 4.98 Å². The third kappa shape index (κ3) is 14.0. The second-order valence-corrected chi connectivity index (χ2v) is 16.7. The van der Waals surface area contributed by atoms with E-state index in [4.69, 9.17) is 14.5 Å². The Balaban J connectivity index is 1.03. The zero-order chi connectivity index (χ0) is 47.6. The maximum Gasteiger partial charge on any atom is 0.254 e. The average Bonchev–Trinajstić information content (AvgIpc) is 3.67. The first-order chi connectivity index (χ1) is 31.9. The number of rotatable bonds is 27. The largest absolute Gasteiger partial charge is 0.495 e. The molecule has 2 heterocycles. The molecule has 0 saturated heterocycles. The Labute approximate surface area is 393 Å². The highest BCUT2D eigenvalue weighted by atomic mass is 79.9. The number of imide groups is 1. The van der Waals surface area contributed by atoms with Crippen LogP contribution in [0.2, 0.25) is 0 Å². The van der Waals surface area contributed by atoms with Crippen molar-refractivity contribution in [2.75, 3.05) is 67.4 Å². The quantitative estimate of drug-likeness (QED) is 0.0367. The number of nitrogens with one attached hydrogen (secondary N) is 5. The van der Waals surface area contributed by atoms with Gasteiger partial charge in [-0.1, -0.05) is 41.1 Å². The van der Waals surface area contributed by atoms with Gasteiger partial charge in [-0.3, -0.25) is 34.1 Å². The van der Waals surface area contributed by atoms with E-state index in [2.05, 4.69) is 66.2 Å². The summed E-state index contributed by atoms with van der Waals surface area (Å²) in [6.45, 7) is 9.08. The Morgan fingerprint density at radius 3 is 2.47 bits per heavy atom. The molecule has 66 heavy (non-hydrogen) atoms. The molecule has 19 heteroatoms. The van der Waals surface area contributed by atoms with Gasteiger partial charge in [0.1, 0.15) is 11.4 Å². The Morgan fingerprint density at radius 2 is 1.74 bits per heavy atom. The van der Waals surface area contributed by atoms with Gasteiger partial charge in [0.15, 0.2) is 5.82 Å². The zero-order valence-electron chi connectivity index (χ0n) is 38.0. The van der Waals surface area contributed by atoms with Crippen LogP contribution < -0.4 is 41.1 Å². The van der Waals surface area contributed by atoms with E-state index in [1.54, 1.807) is 54.5 Å². The number of hydrogen-bond acceptors (Lipinski definition) is 13. The van der Waals surface area contributed by atoms with Gasteiger partial charge in [0.25, 0.3) is 11.8 Å². The molecule has 0 saturated carbocycles. The minimum atomic E-state index is -0.399. The summed E-state index contributed by atoms with van der Waals surface area (Å²) in [7, 11) is 3.18. The molecule has 1 aromatic heterocycles. The summed E-state index contributed by atoms with van der Waals surface area (Å²) in [5, 5.41) is 14.4. The summed E-state index contributed by atoms with van der Waals surface area (Å²) in [6, 6.07) is 18.2. The SMILES string of the molecule is CCC(C)N(Cc1ccc(Br)cc1)c1nc(Nc2ccc(C(=O)NCCOCCNCCCC(=O)Nc3cccc4c3CN(C(C)CCC(=O)NC=O)C4=O)cc2OC)ncc1N(C)C=O. The van der Waals surface area contributed by atoms with Crippen molar-refractivity contribution in [3.8, 4) is 5.75 Å². The van der Waals surface area contributed by atoms with Crippen LogP contribution in [-0.2, 0) is 37.0 Å². The molecule has 0 aliphatic carbocycles. The Kier molecular flexibility index (Phi) is 19.4. The van der Waals surface area contributed by atoms with Crippen LogP contribution in [-0.4, -0.2) is 110 Å². The molecule has 2 unspecified atom stereocenters. The van der Waals surface area contributed by atoms with E-state index in [1.807, 2.05) is 31.2 Å². The average molecular weight is 972 g/mol. The highest BCUT2D eigenvalue weighted by molar-refractivity contribution is 9.10. The summed E-state index contributed by atoms with van der Waals surface area (Å²) in [4.78, 5) is 87.7.